The van der Waals surface area contributed by atoms with E-state index in [4.69, 9.17) is 9.47 Å². The molecule has 0 bridgehead atoms. The van der Waals surface area contributed by atoms with Crippen molar-refractivity contribution >= 4 is 0 Å². The summed E-state index contributed by atoms with van der Waals surface area (Å²) in [6, 6.07) is 11.1. The second-order valence-corrected chi connectivity index (χ2v) is 4.29. The van der Waals surface area contributed by atoms with Crippen LogP contribution in [0.4, 0.5) is 0 Å². The van der Waals surface area contributed by atoms with Crippen LogP contribution in [0.1, 0.15) is 24.2 Å². The first-order chi connectivity index (χ1) is 9.19. The summed E-state index contributed by atoms with van der Waals surface area (Å²) in [6.45, 7) is 2.25. The normalized spacial score (nSPS) is 12.2. The van der Waals surface area contributed by atoms with Gasteiger partial charge in [0, 0.05) is 19.4 Å². The Bertz CT molecular complexity index is 540. The highest BCUT2D eigenvalue weighted by atomic mass is 16.5. The van der Waals surface area contributed by atoms with E-state index in [2.05, 4.69) is 4.98 Å². The van der Waals surface area contributed by atoms with Crippen molar-refractivity contribution < 1.29 is 14.6 Å². The van der Waals surface area contributed by atoms with Gasteiger partial charge >= 0.3 is 0 Å². The lowest BCUT2D eigenvalue weighted by molar-refractivity contribution is 0.184. The van der Waals surface area contributed by atoms with Crippen molar-refractivity contribution in [1.29, 1.82) is 0 Å². The van der Waals surface area contributed by atoms with Gasteiger partial charge in [0.2, 0.25) is 5.88 Å². The molecule has 1 aromatic heterocycles. The van der Waals surface area contributed by atoms with E-state index in [0.717, 1.165) is 11.1 Å². The zero-order valence-electron chi connectivity index (χ0n) is 11.0. The van der Waals surface area contributed by atoms with Crippen molar-refractivity contribution in [3.8, 4) is 11.6 Å². The Morgan fingerprint density at radius 1 is 1.26 bits per heavy atom. The summed E-state index contributed by atoms with van der Waals surface area (Å²) in [5.41, 5.74) is 1.81. The van der Waals surface area contributed by atoms with Gasteiger partial charge < -0.3 is 14.6 Å². The van der Waals surface area contributed by atoms with E-state index in [0.29, 0.717) is 18.2 Å². The van der Waals surface area contributed by atoms with E-state index in [1.54, 1.807) is 32.4 Å². The Hall–Kier alpha value is -1.91. The first kappa shape index (κ1) is 13.5. The molecule has 0 aliphatic rings. The Labute approximate surface area is 112 Å². The molecular formula is C15H17NO3. The first-order valence-corrected chi connectivity index (χ1v) is 6.09. The van der Waals surface area contributed by atoms with E-state index in [-0.39, 0.29) is 0 Å². The highest BCUT2D eigenvalue weighted by molar-refractivity contribution is 5.32. The fraction of sp³-hybridized carbons (Fsp3) is 0.267. The van der Waals surface area contributed by atoms with Gasteiger partial charge in [-0.2, -0.15) is 0 Å². The van der Waals surface area contributed by atoms with Gasteiger partial charge in [-0.25, -0.2) is 4.98 Å². The molecule has 2 aromatic rings. The van der Waals surface area contributed by atoms with Crippen molar-refractivity contribution in [3.05, 3.63) is 53.7 Å². The van der Waals surface area contributed by atoms with E-state index in [1.165, 1.54) is 0 Å². The molecule has 1 N–H and O–H groups in total. The van der Waals surface area contributed by atoms with Crippen LogP contribution in [-0.2, 0) is 11.3 Å². The summed E-state index contributed by atoms with van der Waals surface area (Å²) in [6.07, 6.45) is 1.08. The molecule has 4 nitrogen and oxygen atoms in total. The Morgan fingerprint density at radius 2 is 2.11 bits per heavy atom. The maximum Gasteiger partial charge on any atom is 0.219 e. The van der Waals surface area contributed by atoms with Crippen molar-refractivity contribution in [3.63, 3.8) is 0 Å². The standard InChI is InChI=1S/C15H17NO3/c1-11(17)13-6-7-16-15(9-13)19-14-5-3-4-12(8-14)10-18-2/h3-9,11,17H,10H2,1-2H3. The molecule has 100 valence electrons. The molecule has 0 aliphatic heterocycles. The number of rotatable bonds is 5. The van der Waals surface area contributed by atoms with Gasteiger partial charge in [-0.15, -0.1) is 0 Å². The third-order valence-electron chi connectivity index (χ3n) is 2.67. The molecule has 0 radical (unpaired) electrons. The van der Waals surface area contributed by atoms with Crippen molar-refractivity contribution in [2.45, 2.75) is 19.6 Å². The maximum absolute atomic E-state index is 9.53. The van der Waals surface area contributed by atoms with Gasteiger partial charge in [-0.3, -0.25) is 0 Å². The molecule has 1 atom stereocenters. The number of aromatic nitrogens is 1. The molecule has 1 heterocycles. The van der Waals surface area contributed by atoms with Gasteiger partial charge in [0.05, 0.1) is 12.7 Å². The van der Waals surface area contributed by atoms with Crippen molar-refractivity contribution in [2.75, 3.05) is 7.11 Å². The number of pyridine rings is 1. The third kappa shape index (κ3) is 3.77. The quantitative estimate of drug-likeness (QED) is 0.896. The second kappa shape index (κ2) is 6.31. The summed E-state index contributed by atoms with van der Waals surface area (Å²) in [4.78, 5) is 4.13. The van der Waals surface area contributed by atoms with Crippen LogP contribution in [0.25, 0.3) is 0 Å². The minimum Gasteiger partial charge on any atom is -0.439 e. The van der Waals surface area contributed by atoms with Crippen LogP contribution in [0.5, 0.6) is 11.6 Å². The number of aliphatic hydroxyl groups excluding tert-OH is 1. The molecule has 0 saturated heterocycles. The fourth-order valence-corrected chi connectivity index (χ4v) is 1.73. The predicted molar refractivity (Wildman–Crippen MR) is 72.1 cm³/mol. The van der Waals surface area contributed by atoms with Crippen LogP contribution in [0.15, 0.2) is 42.6 Å². The molecule has 1 unspecified atom stereocenters. The van der Waals surface area contributed by atoms with Crippen LogP contribution in [-0.4, -0.2) is 17.2 Å². The van der Waals surface area contributed by atoms with Gasteiger partial charge in [0.25, 0.3) is 0 Å². The summed E-state index contributed by atoms with van der Waals surface area (Å²) in [7, 11) is 1.65. The minimum atomic E-state index is -0.537. The molecule has 0 saturated carbocycles. The lowest BCUT2D eigenvalue weighted by atomic mass is 10.2. The number of hydrogen-bond acceptors (Lipinski definition) is 4. The van der Waals surface area contributed by atoms with Crippen LogP contribution < -0.4 is 4.74 Å². The summed E-state index contributed by atoms with van der Waals surface area (Å²) in [5.74, 6) is 1.16. The molecule has 2 rings (SSSR count). The van der Waals surface area contributed by atoms with Gasteiger partial charge in [-0.05, 0) is 36.2 Å². The molecule has 4 heteroatoms. The Morgan fingerprint density at radius 3 is 2.84 bits per heavy atom. The smallest absolute Gasteiger partial charge is 0.219 e. The number of ether oxygens (including phenoxy) is 2. The number of benzene rings is 1. The fourth-order valence-electron chi connectivity index (χ4n) is 1.73. The average Bonchev–Trinajstić information content (AvgIpc) is 2.40. The molecule has 0 amide bonds. The second-order valence-electron chi connectivity index (χ2n) is 4.29. The minimum absolute atomic E-state index is 0.466. The van der Waals surface area contributed by atoms with E-state index in [1.807, 2.05) is 24.3 Å². The molecule has 0 fully saturated rings. The van der Waals surface area contributed by atoms with E-state index >= 15 is 0 Å². The van der Waals surface area contributed by atoms with Crippen LogP contribution >= 0.6 is 0 Å². The maximum atomic E-state index is 9.53. The first-order valence-electron chi connectivity index (χ1n) is 6.09. The van der Waals surface area contributed by atoms with Crippen LogP contribution in [0.3, 0.4) is 0 Å². The zero-order valence-corrected chi connectivity index (χ0v) is 11.0. The monoisotopic (exact) mass is 259 g/mol. The van der Waals surface area contributed by atoms with E-state index in [9.17, 15) is 5.11 Å². The van der Waals surface area contributed by atoms with Gasteiger partial charge in [0.15, 0.2) is 0 Å². The highest BCUT2D eigenvalue weighted by Gasteiger charge is 2.05. The Kier molecular flexibility index (Phi) is 4.49. The number of nitrogens with zero attached hydrogens (tertiary/aromatic N) is 1. The van der Waals surface area contributed by atoms with Crippen molar-refractivity contribution in [1.82, 2.24) is 4.98 Å². The lowest BCUT2D eigenvalue weighted by Gasteiger charge is -2.09. The average molecular weight is 259 g/mol. The summed E-state index contributed by atoms with van der Waals surface area (Å²) >= 11 is 0. The molecule has 0 spiro atoms. The summed E-state index contributed by atoms with van der Waals surface area (Å²) < 4.78 is 10.8. The Balaban J connectivity index is 2.16. The van der Waals surface area contributed by atoms with E-state index < -0.39 is 6.10 Å². The number of hydrogen-bond donors (Lipinski definition) is 1. The van der Waals surface area contributed by atoms with Crippen LogP contribution in [0.2, 0.25) is 0 Å². The number of methoxy groups -OCH3 is 1. The SMILES string of the molecule is COCc1cccc(Oc2cc(C(C)O)ccn2)c1. The lowest BCUT2D eigenvalue weighted by Crippen LogP contribution is -1.95. The molecule has 1 aromatic carbocycles. The van der Waals surface area contributed by atoms with Crippen molar-refractivity contribution in [2.24, 2.45) is 0 Å². The largest absolute Gasteiger partial charge is 0.439 e. The van der Waals surface area contributed by atoms with Gasteiger partial charge in [-0.1, -0.05) is 12.1 Å². The highest BCUT2D eigenvalue weighted by Crippen LogP contribution is 2.23. The third-order valence-corrected chi connectivity index (χ3v) is 2.67. The summed E-state index contributed by atoms with van der Waals surface area (Å²) in [5, 5.41) is 9.53. The molecule has 0 aliphatic carbocycles. The molecule has 19 heavy (non-hydrogen) atoms. The number of aliphatic hydroxyl groups is 1. The zero-order chi connectivity index (χ0) is 13.7. The predicted octanol–water partition coefficient (Wildman–Crippen LogP) is 3.07. The van der Waals surface area contributed by atoms with Crippen LogP contribution in [0, 0.1) is 0 Å². The van der Waals surface area contributed by atoms with Gasteiger partial charge in [0.1, 0.15) is 5.75 Å². The molecular weight excluding hydrogens is 242 g/mol. The topological polar surface area (TPSA) is 51.6 Å².